The molecule has 0 unspecified atom stereocenters. The SMILES string of the molecule is O=C(O[C@H]1C=CCC1)c1ccccc1. The van der Waals surface area contributed by atoms with E-state index in [0.717, 1.165) is 12.8 Å². The lowest BCUT2D eigenvalue weighted by Crippen LogP contribution is -2.13. The number of carbonyl (C=O) groups excluding carboxylic acids is 1. The molecule has 0 saturated carbocycles. The van der Waals surface area contributed by atoms with Crippen molar-refractivity contribution in [3.8, 4) is 0 Å². The van der Waals surface area contributed by atoms with Crippen molar-refractivity contribution < 1.29 is 9.53 Å². The Bertz CT molecular complexity index is 341. The van der Waals surface area contributed by atoms with Crippen LogP contribution >= 0.6 is 0 Å². The van der Waals surface area contributed by atoms with Crippen LogP contribution in [0, 0.1) is 0 Å². The zero-order chi connectivity index (χ0) is 9.80. The van der Waals surface area contributed by atoms with Crippen molar-refractivity contribution in [2.24, 2.45) is 0 Å². The van der Waals surface area contributed by atoms with Crippen LogP contribution in [0.15, 0.2) is 42.5 Å². The molecule has 1 aliphatic rings. The molecule has 0 saturated heterocycles. The Morgan fingerprint density at radius 3 is 2.71 bits per heavy atom. The molecule has 1 aromatic carbocycles. The summed E-state index contributed by atoms with van der Waals surface area (Å²) in [4.78, 5) is 11.5. The van der Waals surface area contributed by atoms with Gasteiger partial charge in [-0.1, -0.05) is 24.3 Å². The molecule has 72 valence electrons. The number of esters is 1. The summed E-state index contributed by atoms with van der Waals surface area (Å²) in [6.07, 6.45) is 5.89. The van der Waals surface area contributed by atoms with Gasteiger partial charge < -0.3 is 4.74 Å². The molecule has 0 aromatic heterocycles. The van der Waals surface area contributed by atoms with Gasteiger partial charge >= 0.3 is 5.97 Å². The minimum Gasteiger partial charge on any atom is -0.455 e. The first-order chi connectivity index (χ1) is 6.86. The van der Waals surface area contributed by atoms with Crippen LogP contribution in [0.2, 0.25) is 0 Å². The number of hydrogen-bond acceptors (Lipinski definition) is 2. The summed E-state index contributed by atoms with van der Waals surface area (Å²) >= 11 is 0. The number of rotatable bonds is 2. The van der Waals surface area contributed by atoms with E-state index in [1.165, 1.54) is 0 Å². The summed E-state index contributed by atoms with van der Waals surface area (Å²) < 4.78 is 5.27. The second-order valence-electron chi connectivity index (χ2n) is 3.32. The molecular weight excluding hydrogens is 176 g/mol. The number of benzene rings is 1. The summed E-state index contributed by atoms with van der Waals surface area (Å²) in [5.41, 5.74) is 0.618. The minimum atomic E-state index is -0.234. The van der Waals surface area contributed by atoms with Gasteiger partial charge in [-0.3, -0.25) is 0 Å². The second-order valence-corrected chi connectivity index (χ2v) is 3.32. The Balaban J connectivity index is 1.99. The van der Waals surface area contributed by atoms with Crippen molar-refractivity contribution in [1.29, 1.82) is 0 Å². The van der Waals surface area contributed by atoms with Gasteiger partial charge in [0.2, 0.25) is 0 Å². The summed E-state index contributed by atoms with van der Waals surface area (Å²) in [6, 6.07) is 9.08. The highest BCUT2D eigenvalue weighted by molar-refractivity contribution is 5.89. The lowest BCUT2D eigenvalue weighted by Gasteiger charge is -2.09. The first kappa shape index (κ1) is 9.00. The standard InChI is InChI=1S/C12H12O2/c13-12(10-6-2-1-3-7-10)14-11-8-4-5-9-11/h1-4,6-8,11H,5,9H2/t11-/m0/s1. The Morgan fingerprint density at radius 2 is 2.07 bits per heavy atom. The van der Waals surface area contributed by atoms with E-state index in [-0.39, 0.29) is 12.1 Å². The summed E-state index contributed by atoms with van der Waals surface area (Å²) in [6.45, 7) is 0. The predicted molar refractivity (Wildman–Crippen MR) is 54.0 cm³/mol. The lowest BCUT2D eigenvalue weighted by molar-refractivity contribution is 0.0395. The van der Waals surface area contributed by atoms with E-state index in [1.54, 1.807) is 12.1 Å². The van der Waals surface area contributed by atoms with E-state index in [9.17, 15) is 4.79 Å². The average Bonchev–Trinajstić information content (AvgIpc) is 2.72. The van der Waals surface area contributed by atoms with Crippen LogP contribution in [0.3, 0.4) is 0 Å². The number of allylic oxidation sites excluding steroid dienone is 1. The average molecular weight is 188 g/mol. The quantitative estimate of drug-likeness (QED) is 0.526. The van der Waals surface area contributed by atoms with Gasteiger partial charge in [0.1, 0.15) is 6.10 Å². The highest BCUT2D eigenvalue weighted by Crippen LogP contribution is 2.14. The topological polar surface area (TPSA) is 26.3 Å². The van der Waals surface area contributed by atoms with Gasteiger partial charge in [0.05, 0.1) is 5.56 Å². The second kappa shape index (κ2) is 4.09. The van der Waals surface area contributed by atoms with Crippen LogP contribution in [0.5, 0.6) is 0 Å². The highest BCUT2D eigenvalue weighted by Gasteiger charge is 2.15. The first-order valence-electron chi connectivity index (χ1n) is 4.79. The monoisotopic (exact) mass is 188 g/mol. The van der Waals surface area contributed by atoms with E-state index in [2.05, 4.69) is 0 Å². The van der Waals surface area contributed by atoms with Gasteiger partial charge in [0, 0.05) is 0 Å². The molecule has 14 heavy (non-hydrogen) atoms. The maximum atomic E-state index is 11.5. The van der Waals surface area contributed by atoms with E-state index < -0.39 is 0 Å². The molecule has 2 heteroatoms. The third-order valence-corrected chi connectivity index (χ3v) is 2.24. The molecule has 0 fully saturated rings. The van der Waals surface area contributed by atoms with Gasteiger partial charge in [-0.05, 0) is 31.1 Å². The van der Waals surface area contributed by atoms with Crippen LogP contribution in [-0.2, 0) is 4.74 Å². The van der Waals surface area contributed by atoms with Crippen molar-refractivity contribution >= 4 is 5.97 Å². The molecule has 2 nitrogen and oxygen atoms in total. The van der Waals surface area contributed by atoms with Crippen LogP contribution in [0.25, 0.3) is 0 Å². The fourth-order valence-corrected chi connectivity index (χ4v) is 1.48. The predicted octanol–water partition coefficient (Wildman–Crippen LogP) is 2.56. The van der Waals surface area contributed by atoms with E-state index in [4.69, 9.17) is 4.74 Å². The molecule has 0 radical (unpaired) electrons. The van der Waals surface area contributed by atoms with Crippen molar-refractivity contribution in [1.82, 2.24) is 0 Å². The molecule has 0 N–H and O–H groups in total. The fraction of sp³-hybridized carbons (Fsp3) is 0.250. The zero-order valence-corrected chi connectivity index (χ0v) is 7.85. The maximum absolute atomic E-state index is 11.5. The summed E-state index contributed by atoms with van der Waals surface area (Å²) in [5.74, 6) is -0.234. The normalized spacial score (nSPS) is 19.6. The third-order valence-electron chi connectivity index (χ3n) is 2.24. The van der Waals surface area contributed by atoms with Crippen molar-refractivity contribution in [2.75, 3.05) is 0 Å². The van der Waals surface area contributed by atoms with Crippen LogP contribution in [0.1, 0.15) is 23.2 Å². The maximum Gasteiger partial charge on any atom is 0.338 e. The number of hydrogen-bond donors (Lipinski definition) is 0. The van der Waals surface area contributed by atoms with Gasteiger partial charge in [-0.15, -0.1) is 0 Å². The molecule has 1 aromatic rings. The molecule has 1 aliphatic carbocycles. The molecule has 0 bridgehead atoms. The highest BCUT2D eigenvalue weighted by atomic mass is 16.5. The summed E-state index contributed by atoms with van der Waals surface area (Å²) in [7, 11) is 0. The summed E-state index contributed by atoms with van der Waals surface area (Å²) in [5, 5.41) is 0. The van der Waals surface area contributed by atoms with E-state index in [1.807, 2.05) is 30.4 Å². The van der Waals surface area contributed by atoms with Crippen LogP contribution in [0.4, 0.5) is 0 Å². The van der Waals surface area contributed by atoms with E-state index >= 15 is 0 Å². The van der Waals surface area contributed by atoms with Crippen molar-refractivity contribution in [2.45, 2.75) is 18.9 Å². The van der Waals surface area contributed by atoms with Crippen LogP contribution in [-0.4, -0.2) is 12.1 Å². The number of ether oxygens (including phenoxy) is 1. The molecule has 0 heterocycles. The molecule has 0 spiro atoms. The number of carbonyl (C=O) groups is 1. The van der Waals surface area contributed by atoms with Crippen LogP contribution < -0.4 is 0 Å². The Kier molecular flexibility index (Phi) is 2.63. The largest absolute Gasteiger partial charge is 0.455 e. The van der Waals surface area contributed by atoms with Gasteiger partial charge in [-0.25, -0.2) is 4.79 Å². The first-order valence-corrected chi connectivity index (χ1v) is 4.79. The zero-order valence-electron chi connectivity index (χ0n) is 7.85. The Hall–Kier alpha value is -1.57. The smallest absolute Gasteiger partial charge is 0.338 e. The van der Waals surface area contributed by atoms with Crippen molar-refractivity contribution in [3.63, 3.8) is 0 Å². The molecule has 0 aliphatic heterocycles. The lowest BCUT2D eigenvalue weighted by atomic mass is 10.2. The molecule has 0 amide bonds. The molecule has 2 rings (SSSR count). The molecular formula is C12H12O2. The Morgan fingerprint density at radius 1 is 1.29 bits per heavy atom. The minimum absolute atomic E-state index is 0.0253. The van der Waals surface area contributed by atoms with Gasteiger partial charge in [0.25, 0.3) is 0 Å². The van der Waals surface area contributed by atoms with Crippen molar-refractivity contribution in [3.05, 3.63) is 48.0 Å². The van der Waals surface area contributed by atoms with Gasteiger partial charge in [-0.2, -0.15) is 0 Å². The fourth-order valence-electron chi connectivity index (χ4n) is 1.48. The molecule has 1 atom stereocenters. The third kappa shape index (κ3) is 2.02. The van der Waals surface area contributed by atoms with Gasteiger partial charge in [0.15, 0.2) is 0 Å². The van der Waals surface area contributed by atoms with E-state index in [0.29, 0.717) is 5.56 Å². The Labute approximate surface area is 83.2 Å².